The molecule has 0 bridgehead atoms. The first-order valence-corrected chi connectivity index (χ1v) is 10.1. The molecule has 2 aromatic carbocycles. The zero-order valence-corrected chi connectivity index (χ0v) is 19.1. The van der Waals surface area contributed by atoms with Crippen molar-refractivity contribution >= 4 is 33.8 Å². The second kappa shape index (κ2) is 8.52. The summed E-state index contributed by atoms with van der Waals surface area (Å²) >= 11 is 3.42. The zero-order valence-electron chi connectivity index (χ0n) is 17.5. The van der Waals surface area contributed by atoms with Gasteiger partial charge in [0.2, 0.25) is 5.78 Å². The number of carbonyl (C=O) groups is 2. The smallest absolute Gasteiger partial charge is 0.344 e. The Morgan fingerprint density at radius 3 is 2.60 bits per heavy atom. The Bertz CT molecular complexity index is 1030. The largest absolute Gasteiger partial charge is 0.496 e. The van der Waals surface area contributed by atoms with Crippen molar-refractivity contribution in [2.45, 2.75) is 33.3 Å². The lowest BCUT2D eigenvalue weighted by molar-refractivity contribution is -0.157. The van der Waals surface area contributed by atoms with E-state index in [2.05, 4.69) is 15.9 Å². The third kappa shape index (κ3) is 5.02. The monoisotopic (exact) mass is 474 g/mol. The highest BCUT2D eigenvalue weighted by atomic mass is 79.9. The molecule has 0 saturated heterocycles. The Hall–Kier alpha value is -2.80. The van der Waals surface area contributed by atoms with Gasteiger partial charge in [-0.2, -0.15) is 0 Å². The summed E-state index contributed by atoms with van der Waals surface area (Å²) in [5, 5.41) is 0. The molecule has 0 amide bonds. The lowest BCUT2D eigenvalue weighted by Gasteiger charge is -2.19. The predicted octanol–water partition coefficient (Wildman–Crippen LogP) is 5.10. The van der Waals surface area contributed by atoms with E-state index in [9.17, 15) is 9.59 Å². The highest BCUT2D eigenvalue weighted by molar-refractivity contribution is 9.10. The van der Waals surface area contributed by atoms with Crippen LogP contribution in [0.15, 0.2) is 40.6 Å². The number of methoxy groups -OCH3 is 1. The maximum absolute atomic E-state index is 12.9. The van der Waals surface area contributed by atoms with Crippen LogP contribution in [-0.4, -0.2) is 31.1 Å². The molecule has 0 N–H and O–H groups in total. The number of allylic oxidation sites excluding steroid dienone is 1. The number of hydrogen-bond acceptors (Lipinski definition) is 6. The molecule has 0 fully saturated rings. The molecule has 1 aliphatic heterocycles. The van der Waals surface area contributed by atoms with E-state index in [0.29, 0.717) is 33.9 Å². The van der Waals surface area contributed by atoms with Crippen LogP contribution in [0, 0.1) is 6.92 Å². The molecule has 3 rings (SSSR count). The fraction of sp³-hybridized carbons (Fsp3) is 0.304. The SMILES string of the molecule is COc1ccc(Br)cc1/C=C1\Oc2cc(OCC(=O)OC(C)(C)C)cc(C)c2C1=O. The molecule has 0 atom stereocenters. The minimum atomic E-state index is -0.586. The maximum atomic E-state index is 12.9. The molecule has 0 aromatic heterocycles. The summed E-state index contributed by atoms with van der Waals surface area (Å²) in [6, 6.07) is 8.80. The first kappa shape index (κ1) is 21.9. The van der Waals surface area contributed by atoms with Crippen molar-refractivity contribution in [3.8, 4) is 17.2 Å². The van der Waals surface area contributed by atoms with Crippen LogP contribution in [0.3, 0.4) is 0 Å². The predicted molar refractivity (Wildman–Crippen MR) is 116 cm³/mol. The van der Waals surface area contributed by atoms with Crippen LogP contribution in [0.5, 0.6) is 17.2 Å². The minimum Gasteiger partial charge on any atom is -0.496 e. The quantitative estimate of drug-likeness (QED) is 0.443. The average Bonchev–Trinajstić information content (AvgIpc) is 2.95. The van der Waals surface area contributed by atoms with Crippen molar-refractivity contribution in [1.29, 1.82) is 0 Å². The van der Waals surface area contributed by atoms with Crippen LogP contribution in [0.1, 0.15) is 42.3 Å². The van der Waals surface area contributed by atoms with E-state index in [-0.39, 0.29) is 18.1 Å². The second-order valence-corrected chi connectivity index (χ2v) is 8.73. The number of benzene rings is 2. The highest BCUT2D eigenvalue weighted by Gasteiger charge is 2.30. The second-order valence-electron chi connectivity index (χ2n) is 7.81. The van der Waals surface area contributed by atoms with E-state index in [1.807, 2.05) is 12.1 Å². The number of halogens is 1. The first-order chi connectivity index (χ1) is 14.1. The Labute approximate surface area is 183 Å². The minimum absolute atomic E-state index is 0.189. The average molecular weight is 475 g/mol. The van der Waals surface area contributed by atoms with Gasteiger partial charge < -0.3 is 18.9 Å². The van der Waals surface area contributed by atoms with Crippen LogP contribution >= 0.6 is 15.9 Å². The molecule has 2 aromatic rings. The molecule has 158 valence electrons. The number of ether oxygens (including phenoxy) is 4. The Morgan fingerprint density at radius 1 is 1.20 bits per heavy atom. The van der Waals surface area contributed by atoms with E-state index in [1.165, 1.54) is 0 Å². The molecular formula is C23H23BrO6. The first-order valence-electron chi connectivity index (χ1n) is 9.34. The molecule has 1 heterocycles. The number of rotatable bonds is 5. The number of fused-ring (bicyclic) bond motifs is 1. The van der Waals surface area contributed by atoms with E-state index in [1.54, 1.807) is 59.1 Å². The Kier molecular flexibility index (Phi) is 6.22. The molecule has 30 heavy (non-hydrogen) atoms. The lowest BCUT2D eigenvalue weighted by Crippen LogP contribution is -2.27. The van der Waals surface area contributed by atoms with Gasteiger partial charge in [-0.3, -0.25) is 4.79 Å². The fourth-order valence-corrected chi connectivity index (χ4v) is 3.41. The third-order valence-electron chi connectivity index (χ3n) is 4.20. The molecule has 0 saturated carbocycles. The van der Waals surface area contributed by atoms with E-state index in [0.717, 1.165) is 4.47 Å². The number of hydrogen-bond donors (Lipinski definition) is 0. The normalized spacial score (nSPS) is 14.3. The van der Waals surface area contributed by atoms with E-state index >= 15 is 0 Å². The van der Waals surface area contributed by atoms with Crippen LogP contribution < -0.4 is 14.2 Å². The summed E-state index contributed by atoms with van der Waals surface area (Å²) in [6.07, 6.45) is 1.65. The van der Waals surface area contributed by atoms with Crippen molar-refractivity contribution in [1.82, 2.24) is 0 Å². The standard InChI is InChI=1S/C23H23BrO6/c1-13-8-16(28-12-20(25)30-23(2,3)4)11-18-21(13)22(26)19(29-18)10-14-9-15(24)6-7-17(14)27-5/h6-11H,12H2,1-5H3/b19-10-. The number of carbonyl (C=O) groups excluding carboxylic acids is 2. The van der Waals surface area contributed by atoms with Crippen molar-refractivity contribution in [2.75, 3.05) is 13.7 Å². The molecular weight excluding hydrogens is 452 g/mol. The summed E-state index contributed by atoms with van der Waals surface area (Å²) in [5.74, 6) is 0.929. The van der Waals surface area contributed by atoms with Gasteiger partial charge >= 0.3 is 5.97 Å². The van der Waals surface area contributed by atoms with Crippen molar-refractivity contribution < 1.29 is 28.5 Å². The van der Waals surface area contributed by atoms with Gasteiger partial charge in [-0.15, -0.1) is 0 Å². The molecule has 7 heteroatoms. The van der Waals surface area contributed by atoms with Gasteiger partial charge in [-0.05, 0) is 63.6 Å². The summed E-state index contributed by atoms with van der Waals surface area (Å²) < 4.78 is 22.8. The van der Waals surface area contributed by atoms with Crippen molar-refractivity contribution in [3.05, 3.63) is 57.3 Å². The summed E-state index contributed by atoms with van der Waals surface area (Å²) in [4.78, 5) is 24.8. The van der Waals surface area contributed by atoms with Crippen molar-refractivity contribution in [2.24, 2.45) is 0 Å². The molecule has 0 radical (unpaired) electrons. The molecule has 0 aliphatic carbocycles. The number of ketones is 1. The van der Waals surface area contributed by atoms with Crippen LogP contribution in [0.25, 0.3) is 6.08 Å². The van der Waals surface area contributed by atoms with Gasteiger partial charge in [0, 0.05) is 16.1 Å². The summed E-state index contributed by atoms with van der Waals surface area (Å²) in [5.41, 5.74) is 1.29. The van der Waals surface area contributed by atoms with Crippen LogP contribution in [0.4, 0.5) is 0 Å². The molecule has 0 spiro atoms. The lowest BCUT2D eigenvalue weighted by atomic mass is 10.0. The fourth-order valence-electron chi connectivity index (χ4n) is 3.03. The van der Waals surface area contributed by atoms with Gasteiger partial charge in [-0.25, -0.2) is 4.79 Å². The zero-order chi connectivity index (χ0) is 22.1. The highest BCUT2D eigenvalue weighted by Crippen LogP contribution is 2.38. The molecule has 0 unspecified atom stereocenters. The Balaban J connectivity index is 1.82. The number of aryl methyl sites for hydroxylation is 1. The van der Waals surface area contributed by atoms with E-state index < -0.39 is 11.6 Å². The van der Waals surface area contributed by atoms with Crippen molar-refractivity contribution in [3.63, 3.8) is 0 Å². The van der Waals surface area contributed by atoms with Gasteiger partial charge in [-0.1, -0.05) is 15.9 Å². The van der Waals surface area contributed by atoms with Crippen LogP contribution in [0.2, 0.25) is 0 Å². The van der Waals surface area contributed by atoms with Gasteiger partial charge in [0.15, 0.2) is 12.4 Å². The number of esters is 1. The number of Topliss-reactive ketones (excluding diaryl/α,β-unsaturated/α-hetero) is 1. The van der Waals surface area contributed by atoms with Gasteiger partial charge in [0.1, 0.15) is 22.8 Å². The Morgan fingerprint density at radius 2 is 1.93 bits per heavy atom. The van der Waals surface area contributed by atoms with Gasteiger partial charge in [0.05, 0.1) is 12.7 Å². The van der Waals surface area contributed by atoms with Crippen LogP contribution in [-0.2, 0) is 9.53 Å². The molecule has 6 nitrogen and oxygen atoms in total. The summed E-state index contributed by atoms with van der Waals surface area (Å²) in [7, 11) is 1.57. The topological polar surface area (TPSA) is 71.1 Å². The summed E-state index contributed by atoms with van der Waals surface area (Å²) in [6.45, 7) is 6.93. The van der Waals surface area contributed by atoms with E-state index in [4.69, 9.17) is 18.9 Å². The van der Waals surface area contributed by atoms with Gasteiger partial charge in [0.25, 0.3) is 0 Å². The maximum Gasteiger partial charge on any atom is 0.344 e. The third-order valence-corrected chi connectivity index (χ3v) is 4.69. The molecule has 1 aliphatic rings.